The molecule has 0 bridgehead atoms. The Morgan fingerprint density at radius 1 is 0.897 bits per heavy atom. The molecule has 0 aliphatic carbocycles. The van der Waals surface area contributed by atoms with E-state index < -0.39 is 23.6 Å². The number of nitrogens with zero attached hydrogens (tertiary/aromatic N) is 2. The van der Waals surface area contributed by atoms with Crippen LogP contribution >= 0.6 is 0 Å². The first-order valence-electron chi connectivity index (χ1n) is 12.5. The van der Waals surface area contributed by atoms with Crippen molar-refractivity contribution >= 4 is 28.6 Å². The monoisotopic (exact) mass is 533 g/mol. The second-order valence-corrected chi connectivity index (χ2v) is 9.65. The first-order chi connectivity index (χ1) is 18.7. The highest BCUT2D eigenvalue weighted by molar-refractivity contribution is 5.92. The first-order valence-corrected chi connectivity index (χ1v) is 12.5. The van der Waals surface area contributed by atoms with E-state index in [1.165, 1.54) is 46.4 Å². The van der Waals surface area contributed by atoms with E-state index in [-0.39, 0.29) is 48.8 Å². The lowest BCUT2D eigenvalue weighted by Gasteiger charge is -2.29. The van der Waals surface area contributed by atoms with Crippen LogP contribution in [0, 0.1) is 17.6 Å². The molecule has 0 saturated heterocycles. The van der Waals surface area contributed by atoms with Crippen molar-refractivity contribution in [2.45, 2.75) is 26.9 Å². The molecular formula is C30H29F2N3O4. The zero-order valence-corrected chi connectivity index (χ0v) is 21.7. The molecule has 3 amide bonds. The van der Waals surface area contributed by atoms with Gasteiger partial charge in [0.1, 0.15) is 23.8 Å². The number of anilines is 1. The van der Waals surface area contributed by atoms with Gasteiger partial charge in [-0.05, 0) is 47.9 Å². The Labute approximate surface area is 224 Å². The van der Waals surface area contributed by atoms with Gasteiger partial charge in [0, 0.05) is 13.1 Å². The predicted molar refractivity (Wildman–Crippen MR) is 145 cm³/mol. The lowest BCUT2D eigenvalue weighted by atomic mass is 10.1. The number of nitrogens with one attached hydrogen (secondary N) is 1. The topological polar surface area (TPSA) is 82.9 Å². The summed E-state index contributed by atoms with van der Waals surface area (Å²) in [5.41, 5.74) is 1.05. The third kappa shape index (κ3) is 7.07. The van der Waals surface area contributed by atoms with Crippen LogP contribution in [0.2, 0.25) is 0 Å². The number of amides is 3. The minimum absolute atomic E-state index is 0.000598. The number of para-hydroxylation sites is 2. The number of rotatable bonds is 9. The normalized spacial score (nSPS) is 11.0. The van der Waals surface area contributed by atoms with Gasteiger partial charge in [-0.2, -0.15) is 0 Å². The number of hydrogen-bond acceptors (Lipinski definition) is 4. The Balaban J connectivity index is 1.61. The quantitative estimate of drug-likeness (QED) is 0.295. The molecule has 0 fully saturated rings. The number of urea groups is 1. The van der Waals surface area contributed by atoms with Crippen LogP contribution in [0.5, 0.6) is 0 Å². The standard InChI is InChI=1S/C30H29F2N3O4/c1-20(2)15-35(30(38)33-26-9-5-4-8-25(26)32)18-28(36)34(16-21-11-13-23(31)14-12-21)17-22-19-39-27-10-6-3-7-24(27)29(22)37/h3-14,19-20H,15-18H2,1-2H3,(H,33,38). The Morgan fingerprint density at radius 2 is 1.59 bits per heavy atom. The Morgan fingerprint density at radius 3 is 2.31 bits per heavy atom. The Bertz CT molecular complexity index is 1520. The summed E-state index contributed by atoms with van der Waals surface area (Å²) >= 11 is 0. The molecule has 0 aliphatic rings. The zero-order chi connectivity index (χ0) is 27.9. The van der Waals surface area contributed by atoms with Gasteiger partial charge in [-0.1, -0.05) is 50.2 Å². The molecule has 4 rings (SSSR count). The van der Waals surface area contributed by atoms with E-state index in [9.17, 15) is 23.2 Å². The summed E-state index contributed by atoms with van der Waals surface area (Å²) in [6.45, 7) is 3.67. The van der Waals surface area contributed by atoms with Crippen LogP contribution in [-0.2, 0) is 17.9 Å². The molecule has 0 saturated carbocycles. The fourth-order valence-electron chi connectivity index (χ4n) is 4.16. The Hall–Kier alpha value is -4.53. The molecule has 4 aromatic rings. The SMILES string of the molecule is CC(C)CN(CC(=O)N(Cc1ccc(F)cc1)Cc1coc2ccccc2c1=O)C(=O)Nc1ccccc1F. The summed E-state index contributed by atoms with van der Waals surface area (Å²) in [4.78, 5) is 42.6. The maximum atomic E-state index is 14.2. The van der Waals surface area contributed by atoms with Gasteiger partial charge in [0.2, 0.25) is 5.91 Å². The van der Waals surface area contributed by atoms with E-state index in [0.29, 0.717) is 16.5 Å². The number of benzene rings is 3. The molecule has 9 heteroatoms. The molecule has 3 aromatic carbocycles. The molecule has 0 aliphatic heterocycles. The lowest BCUT2D eigenvalue weighted by molar-refractivity contribution is -0.133. The Kier molecular flexibility index (Phi) is 8.70. The molecule has 0 radical (unpaired) electrons. The van der Waals surface area contributed by atoms with Crippen LogP contribution < -0.4 is 10.7 Å². The predicted octanol–water partition coefficient (Wildman–Crippen LogP) is 5.79. The summed E-state index contributed by atoms with van der Waals surface area (Å²) in [5, 5.41) is 2.91. The van der Waals surface area contributed by atoms with Gasteiger partial charge in [-0.3, -0.25) is 9.59 Å². The molecule has 39 heavy (non-hydrogen) atoms. The average molecular weight is 534 g/mol. The van der Waals surface area contributed by atoms with Gasteiger partial charge in [0.25, 0.3) is 0 Å². The summed E-state index contributed by atoms with van der Waals surface area (Å²) in [5.74, 6) is -1.44. The number of halogens is 2. The molecule has 0 unspecified atom stereocenters. The number of fused-ring (bicyclic) bond motifs is 1. The van der Waals surface area contributed by atoms with Crippen molar-refractivity contribution in [2.24, 2.45) is 5.92 Å². The van der Waals surface area contributed by atoms with Gasteiger partial charge < -0.3 is 19.5 Å². The van der Waals surface area contributed by atoms with Gasteiger partial charge in [0.05, 0.1) is 29.4 Å². The van der Waals surface area contributed by atoms with Gasteiger partial charge >= 0.3 is 6.03 Å². The van der Waals surface area contributed by atoms with Gasteiger partial charge in [-0.15, -0.1) is 0 Å². The third-order valence-corrected chi connectivity index (χ3v) is 6.07. The summed E-state index contributed by atoms with van der Waals surface area (Å²) < 4.78 is 33.3. The smallest absolute Gasteiger partial charge is 0.322 e. The molecule has 202 valence electrons. The van der Waals surface area contributed by atoms with Crippen molar-refractivity contribution in [3.63, 3.8) is 0 Å². The highest BCUT2D eigenvalue weighted by Gasteiger charge is 2.24. The third-order valence-electron chi connectivity index (χ3n) is 6.07. The molecule has 1 heterocycles. The van der Waals surface area contributed by atoms with Crippen LogP contribution in [0.3, 0.4) is 0 Å². The fraction of sp³-hybridized carbons (Fsp3) is 0.233. The van der Waals surface area contributed by atoms with Crippen LogP contribution in [-0.4, -0.2) is 34.8 Å². The minimum atomic E-state index is -0.630. The summed E-state index contributed by atoms with van der Waals surface area (Å²) in [6.07, 6.45) is 1.33. The molecule has 0 atom stereocenters. The fourth-order valence-corrected chi connectivity index (χ4v) is 4.16. The van der Waals surface area contributed by atoms with Crippen LogP contribution in [0.25, 0.3) is 11.0 Å². The van der Waals surface area contributed by atoms with Crippen molar-refractivity contribution < 1.29 is 22.8 Å². The highest BCUT2D eigenvalue weighted by Crippen LogP contribution is 2.17. The molecule has 0 spiro atoms. The van der Waals surface area contributed by atoms with E-state index in [1.54, 1.807) is 42.5 Å². The van der Waals surface area contributed by atoms with E-state index in [1.807, 2.05) is 13.8 Å². The van der Waals surface area contributed by atoms with Crippen molar-refractivity contribution in [3.8, 4) is 0 Å². The van der Waals surface area contributed by atoms with Crippen molar-refractivity contribution in [1.29, 1.82) is 0 Å². The zero-order valence-electron chi connectivity index (χ0n) is 21.7. The van der Waals surface area contributed by atoms with Crippen molar-refractivity contribution in [2.75, 3.05) is 18.4 Å². The van der Waals surface area contributed by atoms with Crippen LogP contribution in [0.15, 0.2) is 88.3 Å². The largest absolute Gasteiger partial charge is 0.464 e. The summed E-state index contributed by atoms with van der Waals surface area (Å²) in [6, 6.07) is 17.6. The van der Waals surface area contributed by atoms with E-state index in [4.69, 9.17) is 4.42 Å². The van der Waals surface area contributed by atoms with Crippen LogP contribution in [0.4, 0.5) is 19.3 Å². The van der Waals surface area contributed by atoms with E-state index in [0.717, 1.165) is 0 Å². The number of hydrogen-bond donors (Lipinski definition) is 1. The van der Waals surface area contributed by atoms with E-state index in [2.05, 4.69) is 5.32 Å². The van der Waals surface area contributed by atoms with Gasteiger partial charge in [0.15, 0.2) is 5.43 Å². The first kappa shape index (κ1) is 27.5. The van der Waals surface area contributed by atoms with Crippen LogP contribution in [0.1, 0.15) is 25.0 Å². The second-order valence-electron chi connectivity index (χ2n) is 9.65. The molecular weight excluding hydrogens is 504 g/mol. The number of carbonyl (C=O) groups excluding carboxylic acids is 2. The lowest BCUT2D eigenvalue weighted by Crippen LogP contribution is -2.45. The molecule has 1 aromatic heterocycles. The van der Waals surface area contributed by atoms with E-state index >= 15 is 0 Å². The maximum absolute atomic E-state index is 14.2. The van der Waals surface area contributed by atoms with Crippen molar-refractivity contribution in [3.05, 3.63) is 112 Å². The highest BCUT2D eigenvalue weighted by atomic mass is 19.1. The average Bonchev–Trinajstić information content (AvgIpc) is 2.91. The van der Waals surface area contributed by atoms with Crippen molar-refractivity contribution in [1.82, 2.24) is 9.80 Å². The molecule has 7 nitrogen and oxygen atoms in total. The second kappa shape index (κ2) is 12.3. The summed E-state index contributed by atoms with van der Waals surface area (Å²) in [7, 11) is 0. The maximum Gasteiger partial charge on any atom is 0.322 e. The van der Waals surface area contributed by atoms with Gasteiger partial charge in [-0.25, -0.2) is 13.6 Å². The minimum Gasteiger partial charge on any atom is -0.464 e. The molecule has 1 N–H and O–H groups in total. The number of carbonyl (C=O) groups is 2.